The van der Waals surface area contributed by atoms with Crippen molar-refractivity contribution in [3.8, 4) is 23.1 Å². The number of amides is 1. The number of nitrogens with zero attached hydrogens (tertiary/aromatic N) is 3. The maximum absolute atomic E-state index is 13.9. The van der Waals surface area contributed by atoms with Gasteiger partial charge in [-0.05, 0) is 30.5 Å². The molecule has 0 bridgehead atoms. The molecule has 9 heteroatoms. The zero-order valence-corrected chi connectivity index (χ0v) is 21.5. The third kappa shape index (κ3) is 5.61. The van der Waals surface area contributed by atoms with Crippen LogP contribution in [0.4, 0.5) is 0 Å². The van der Waals surface area contributed by atoms with Gasteiger partial charge in [0.1, 0.15) is 23.0 Å². The van der Waals surface area contributed by atoms with Crippen LogP contribution in [0, 0.1) is 0 Å². The Bertz CT molecular complexity index is 1270. The van der Waals surface area contributed by atoms with Gasteiger partial charge < -0.3 is 24.2 Å². The van der Waals surface area contributed by atoms with E-state index in [1.54, 1.807) is 18.2 Å². The van der Waals surface area contributed by atoms with Gasteiger partial charge in [0.15, 0.2) is 5.56 Å². The van der Waals surface area contributed by atoms with E-state index in [4.69, 9.17) is 14.2 Å². The minimum absolute atomic E-state index is 0.167. The minimum Gasteiger partial charge on any atom is -0.494 e. The molecule has 0 saturated carbocycles. The molecule has 1 aliphatic heterocycles. The number of para-hydroxylation sites is 1. The van der Waals surface area contributed by atoms with E-state index in [-0.39, 0.29) is 11.7 Å². The van der Waals surface area contributed by atoms with Crippen LogP contribution in [0.1, 0.15) is 47.9 Å². The maximum atomic E-state index is 13.9. The Hall–Kier alpha value is -3.85. The number of unbranched alkanes of at least 4 members (excludes halogenated alkanes) is 1. The lowest BCUT2D eigenvalue weighted by Gasteiger charge is -2.21. The van der Waals surface area contributed by atoms with Gasteiger partial charge in [-0.2, -0.15) is 4.98 Å². The van der Waals surface area contributed by atoms with E-state index in [2.05, 4.69) is 4.98 Å². The largest absolute Gasteiger partial charge is 0.494 e. The molecule has 1 fully saturated rings. The molecule has 4 rings (SSSR count). The Morgan fingerprint density at radius 3 is 2.43 bits per heavy atom. The molecule has 1 atom stereocenters. The van der Waals surface area contributed by atoms with Gasteiger partial charge in [-0.25, -0.2) is 0 Å². The van der Waals surface area contributed by atoms with Crippen LogP contribution in [-0.4, -0.2) is 58.9 Å². The molecule has 37 heavy (non-hydrogen) atoms. The number of ether oxygens (including phenoxy) is 3. The second-order valence-electron chi connectivity index (χ2n) is 8.94. The van der Waals surface area contributed by atoms with E-state index >= 15 is 0 Å². The Balaban J connectivity index is 1.67. The summed E-state index contributed by atoms with van der Waals surface area (Å²) in [6, 6.07) is 15.0. The topological polar surface area (TPSA) is 103 Å². The molecule has 0 spiro atoms. The molecule has 1 N–H and O–H groups in total. The minimum atomic E-state index is -0.667. The molecule has 1 amide bonds. The molecule has 3 aromatic rings. The third-order valence-corrected chi connectivity index (χ3v) is 6.49. The lowest BCUT2D eigenvalue weighted by Crippen LogP contribution is -2.37. The van der Waals surface area contributed by atoms with Crippen LogP contribution < -0.4 is 15.0 Å². The molecule has 0 unspecified atom stereocenters. The lowest BCUT2D eigenvalue weighted by molar-refractivity contribution is 0.0436. The Labute approximate surface area is 216 Å². The van der Waals surface area contributed by atoms with Crippen molar-refractivity contribution in [1.82, 2.24) is 14.5 Å². The number of benzene rings is 2. The fourth-order valence-electron chi connectivity index (χ4n) is 4.52. The predicted octanol–water partition coefficient (Wildman–Crippen LogP) is 3.73. The summed E-state index contributed by atoms with van der Waals surface area (Å²) in [7, 11) is 2.99. The summed E-state index contributed by atoms with van der Waals surface area (Å²) >= 11 is 0. The maximum Gasteiger partial charge on any atom is 0.275 e. The summed E-state index contributed by atoms with van der Waals surface area (Å²) in [6.45, 7) is 3.19. The first-order valence-electron chi connectivity index (χ1n) is 12.5. The summed E-state index contributed by atoms with van der Waals surface area (Å²) in [5.41, 5.74) is 0.345. The van der Waals surface area contributed by atoms with E-state index in [1.165, 1.54) is 23.7 Å². The van der Waals surface area contributed by atoms with Crippen molar-refractivity contribution in [3.05, 3.63) is 75.8 Å². The van der Waals surface area contributed by atoms with Gasteiger partial charge in [-0.1, -0.05) is 49.7 Å². The highest BCUT2D eigenvalue weighted by atomic mass is 16.5. The van der Waals surface area contributed by atoms with E-state index < -0.39 is 17.3 Å². The zero-order valence-electron chi connectivity index (χ0n) is 21.5. The second-order valence-corrected chi connectivity index (χ2v) is 8.94. The van der Waals surface area contributed by atoms with Gasteiger partial charge in [0, 0.05) is 19.5 Å². The normalized spacial score (nSPS) is 15.1. The van der Waals surface area contributed by atoms with E-state index in [1.807, 2.05) is 37.3 Å². The van der Waals surface area contributed by atoms with Crippen molar-refractivity contribution >= 4 is 5.91 Å². The second kappa shape index (κ2) is 11.9. The first-order chi connectivity index (χ1) is 18.0. The van der Waals surface area contributed by atoms with Gasteiger partial charge in [0.05, 0.1) is 26.9 Å². The number of hydrogen-bond acceptors (Lipinski definition) is 7. The van der Waals surface area contributed by atoms with Gasteiger partial charge in [0.2, 0.25) is 5.88 Å². The van der Waals surface area contributed by atoms with Crippen molar-refractivity contribution in [2.75, 3.05) is 27.3 Å². The number of aromatic nitrogens is 2. The molecule has 1 aromatic heterocycles. The average molecular weight is 508 g/mol. The Kier molecular flexibility index (Phi) is 8.45. The Morgan fingerprint density at radius 1 is 1.08 bits per heavy atom. The van der Waals surface area contributed by atoms with Crippen molar-refractivity contribution in [2.24, 2.45) is 0 Å². The standard InChI is InChI=1S/C28H33N3O6/c1-4-5-14-23-29-26(32)24(28(34)31(23)25-21(35-2)12-9-13-22(25)36-3)27(33)30-16-15-20(17-30)37-18-19-10-7-6-8-11-19/h6-13,20,32H,4-5,14-18H2,1-3H3/t20-/m0/s1. The van der Waals surface area contributed by atoms with Crippen LogP contribution in [0.15, 0.2) is 53.3 Å². The van der Waals surface area contributed by atoms with Crippen LogP contribution in [0.25, 0.3) is 5.69 Å². The zero-order chi connectivity index (χ0) is 26.4. The monoisotopic (exact) mass is 507 g/mol. The van der Waals surface area contributed by atoms with Crippen LogP contribution in [-0.2, 0) is 17.8 Å². The molecule has 196 valence electrons. The number of methoxy groups -OCH3 is 2. The smallest absolute Gasteiger partial charge is 0.275 e. The van der Waals surface area contributed by atoms with E-state index in [0.29, 0.717) is 55.5 Å². The number of hydrogen-bond donors (Lipinski definition) is 1. The Morgan fingerprint density at radius 2 is 1.78 bits per heavy atom. The first-order valence-corrected chi connectivity index (χ1v) is 12.5. The summed E-state index contributed by atoms with van der Waals surface area (Å²) in [5.74, 6) is -0.0409. The SMILES string of the molecule is CCCCc1nc(O)c(C(=O)N2CC[C@H](OCc3ccccc3)C2)c(=O)n1-c1c(OC)cccc1OC. The highest BCUT2D eigenvalue weighted by molar-refractivity contribution is 5.96. The van der Waals surface area contributed by atoms with Gasteiger partial charge in [0.25, 0.3) is 11.5 Å². The molecule has 9 nitrogen and oxygen atoms in total. The summed E-state index contributed by atoms with van der Waals surface area (Å²) < 4.78 is 18.4. The molecule has 1 aliphatic rings. The highest BCUT2D eigenvalue weighted by Crippen LogP contribution is 2.33. The number of carbonyl (C=O) groups excluding carboxylic acids is 1. The van der Waals surface area contributed by atoms with Crippen molar-refractivity contribution in [2.45, 2.75) is 45.3 Å². The molecule has 0 aliphatic carbocycles. The average Bonchev–Trinajstić information content (AvgIpc) is 3.40. The molecule has 2 heterocycles. The predicted molar refractivity (Wildman–Crippen MR) is 139 cm³/mol. The third-order valence-electron chi connectivity index (χ3n) is 6.49. The quantitative estimate of drug-likeness (QED) is 0.446. The van der Waals surface area contributed by atoms with Gasteiger partial charge in [-0.15, -0.1) is 0 Å². The molecular formula is C28H33N3O6. The van der Waals surface area contributed by atoms with Crippen molar-refractivity contribution in [1.29, 1.82) is 0 Å². The van der Waals surface area contributed by atoms with Crippen LogP contribution >= 0.6 is 0 Å². The van der Waals surface area contributed by atoms with E-state index in [9.17, 15) is 14.7 Å². The van der Waals surface area contributed by atoms with E-state index in [0.717, 1.165) is 18.4 Å². The number of rotatable bonds is 10. The summed E-state index contributed by atoms with van der Waals surface area (Å²) in [4.78, 5) is 33.2. The van der Waals surface area contributed by atoms with Crippen molar-refractivity contribution < 1.29 is 24.1 Å². The highest BCUT2D eigenvalue weighted by Gasteiger charge is 2.33. The number of likely N-dealkylation sites (tertiary alicyclic amines) is 1. The fourth-order valence-corrected chi connectivity index (χ4v) is 4.52. The number of aromatic hydroxyl groups is 1. The van der Waals surface area contributed by atoms with Gasteiger partial charge in [-0.3, -0.25) is 14.2 Å². The first kappa shape index (κ1) is 26.2. The van der Waals surface area contributed by atoms with Gasteiger partial charge >= 0.3 is 0 Å². The number of aryl methyl sites for hydroxylation is 1. The summed E-state index contributed by atoms with van der Waals surface area (Å²) in [6.07, 6.45) is 2.49. The molecule has 2 aromatic carbocycles. The molecule has 0 radical (unpaired) electrons. The van der Waals surface area contributed by atoms with Crippen LogP contribution in [0.5, 0.6) is 17.4 Å². The summed E-state index contributed by atoms with van der Waals surface area (Å²) in [5, 5.41) is 10.8. The molecular weight excluding hydrogens is 474 g/mol. The fraction of sp³-hybridized carbons (Fsp3) is 0.393. The number of carbonyl (C=O) groups is 1. The lowest BCUT2D eigenvalue weighted by atomic mass is 10.2. The molecule has 1 saturated heterocycles. The van der Waals surface area contributed by atoms with Crippen molar-refractivity contribution in [3.63, 3.8) is 0 Å². The van der Waals surface area contributed by atoms with Crippen LogP contribution in [0.2, 0.25) is 0 Å². The van der Waals surface area contributed by atoms with Crippen LogP contribution in [0.3, 0.4) is 0 Å².